The highest BCUT2D eigenvalue weighted by Crippen LogP contribution is 2.34. The first-order valence-electron chi connectivity index (χ1n) is 7.72. The zero-order valence-corrected chi connectivity index (χ0v) is 14.7. The Morgan fingerprint density at radius 2 is 2.04 bits per heavy atom. The molecule has 2 aromatic rings. The zero-order valence-electron chi connectivity index (χ0n) is 13.1. The van der Waals surface area contributed by atoms with Gasteiger partial charge >= 0.3 is 0 Å². The molecule has 0 radical (unpaired) electrons. The Kier molecular flexibility index (Phi) is 5.52. The summed E-state index contributed by atoms with van der Waals surface area (Å²) in [5, 5.41) is 3.65. The van der Waals surface area contributed by atoms with Crippen molar-refractivity contribution in [2.75, 3.05) is 13.2 Å². The molecular formula is C16H16ClN3O4S. The van der Waals surface area contributed by atoms with E-state index in [0.29, 0.717) is 22.9 Å². The fourth-order valence-electron chi connectivity index (χ4n) is 2.44. The third-order valence-electron chi connectivity index (χ3n) is 3.70. The smallest absolute Gasteiger partial charge is 0.267 e. The number of amides is 3. The van der Waals surface area contributed by atoms with Gasteiger partial charge in [0.15, 0.2) is 0 Å². The first-order valence-corrected chi connectivity index (χ1v) is 8.91. The van der Waals surface area contributed by atoms with Crippen LogP contribution in [0.5, 0.6) is 0 Å². The van der Waals surface area contributed by atoms with Crippen LogP contribution in [-0.2, 0) is 14.3 Å². The summed E-state index contributed by atoms with van der Waals surface area (Å²) in [6.45, 7) is 0.257. The monoisotopic (exact) mass is 381 g/mol. The van der Waals surface area contributed by atoms with E-state index >= 15 is 0 Å². The van der Waals surface area contributed by atoms with Crippen molar-refractivity contribution in [3.63, 3.8) is 0 Å². The molecule has 0 saturated carbocycles. The van der Waals surface area contributed by atoms with Gasteiger partial charge in [-0.3, -0.25) is 25.2 Å². The lowest BCUT2D eigenvalue weighted by Crippen LogP contribution is -2.49. The number of rotatable bonds is 4. The van der Waals surface area contributed by atoms with E-state index in [-0.39, 0.29) is 6.54 Å². The number of fused-ring (bicyclic) bond motifs is 1. The predicted molar refractivity (Wildman–Crippen MR) is 94.4 cm³/mol. The van der Waals surface area contributed by atoms with Crippen LogP contribution >= 0.6 is 22.9 Å². The number of hydrogen-bond donors (Lipinski definition) is 3. The predicted octanol–water partition coefficient (Wildman–Crippen LogP) is 1.61. The maximum absolute atomic E-state index is 12.2. The van der Waals surface area contributed by atoms with E-state index in [1.807, 2.05) is 24.3 Å². The summed E-state index contributed by atoms with van der Waals surface area (Å²) >= 11 is 7.48. The summed E-state index contributed by atoms with van der Waals surface area (Å²) in [5.41, 5.74) is 4.53. The maximum atomic E-state index is 12.2. The van der Waals surface area contributed by atoms with Crippen LogP contribution < -0.4 is 16.2 Å². The molecule has 1 aliphatic heterocycles. The molecule has 3 rings (SSSR count). The van der Waals surface area contributed by atoms with E-state index in [4.69, 9.17) is 16.3 Å². The number of hydrazine groups is 1. The molecule has 1 fully saturated rings. The average Bonchev–Trinajstić information content (AvgIpc) is 3.26. The van der Waals surface area contributed by atoms with E-state index < -0.39 is 23.8 Å². The van der Waals surface area contributed by atoms with Crippen LogP contribution in [0.15, 0.2) is 24.3 Å². The molecule has 0 aliphatic carbocycles. The molecule has 3 amide bonds. The Bertz CT molecular complexity index is 817. The van der Waals surface area contributed by atoms with Crippen molar-refractivity contribution < 1.29 is 19.1 Å². The zero-order chi connectivity index (χ0) is 17.8. The Balaban J connectivity index is 1.50. The topological polar surface area (TPSA) is 96.5 Å². The molecule has 9 heteroatoms. The van der Waals surface area contributed by atoms with Crippen LogP contribution in [0.4, 0.5) is 0 Å². The Morgan fingerprint density at radius 1 is 1.24 bits per heavy atom. The van der Waals surface area contributed by atoms with Crippen LogP contribution in [0.3, 0.4) is 0 Å². The van der Waals surface area contributed by atoms with Crippen molar-refractivity contribution in [1.29, 1.82) is 0 Å². The highest BCUT2D eigenvalue weighted by atomic mass is 35.5. The molecule has 0 bridgehead atoms. The molecular weight excluding hydrogens is 366 g/mol. The second-order valence-corrected chi connectivity index (χ2v) is 6.89. The third kappa shape index (κ3) is 4.09. The molecule has 7 nitrogen and oxygen atoms in total. The van der Waals surface area contributed by atoms with Crippen molar-refractivity contribution >= 4 is 50.7 Å². The van der Waals surface area contributed by atoms with Crippen molar-refractivity contribution in [1.82, 2.24) is 16.2 Å². The van der Waals surface area contributed by atoms with E-state index in [1.165, 1.54) is 11.3 Å². The summed E-state index contributed by atoms with van der Waals surface area (Å²) in [6.07, 6.45) is 0.910. The van der Waals surface area contributed by atoms with Crippen LogP contribution in [0, 0.1) is 0 Å². The number of hydrogen-bond acceptors (Lipinski definition) is 5. The minimum atomic E-state index is -0.545. The second kappa shape index (κ2) is 7.81. The van der Waals surface area contributed by atoms with Crippen molar-refractivity contribution in [3.8, 4) is 0 Å². The van der Waals surface area contributed by atoms with Gasteiger partial charge in [-0.2, -0.15) is 0 Å². The molecule has 0 spiro atoms. The maximum Gasteiger partial charge on any atom is 0.267 e. The minimum absolute atomic E-state index is 0.283. The molecule has 3 N–H and O–H groups in total. The molecule has 25 heavy (non-hydrogen) atoms. The first kappa shape index (κ1) is 17.7. The Morgan fingerprint density at radius 3 is 2.76 bits per heavy atom. The summed E-state index contributed by atoms with van der Waals surface area (Å²) in [4.78, 5) is 36.0. The van der Waals surface area contributed by atoms with Crippen LogP contribution in [-0.4, -0.2) is 37.0 Å². The minimum Gasteiger partial charge on any atom is -0.368 e. The molecule has 132 valence electrons. The summed E-state index contributed by atoms with van der Waals surface area (Å²) in [6, 6.07) is 7.40. The first-order chi connectivity index (χ1) is 12.1. The molecule has 1 aromatic heterocycles. The van der Waals surface area contributed by atoms with Gasteiger partial charge in [-0.05, 0) is 18.9 Å². The number of carbonyl (C=O) groups is 3. The average molecular weight is 382 g/mol. The Hall–Kier alpha value is -2.16. The largest absolute Gasteiger partial charge is 0.368 e. The number of ether oxygens (including phenoxy) is 1. The Labute approximate surface area is 152 Å². The van der Waals surface area contributed by atoms with Gasteiger partial charge in [-0.1, -0.05) is 29.8 Å². The standard InChI is InChI=1S/C16H16ClN3O4S/c17-13-9-4-1-2-6-11(9)25-14(13)16(23)18-8-12(21)19-20-15(22)10-5-3-7-24-10/h1-2,4,6,10H,3,5,7-8H2,(H,18,23)(H,19,21)(H,20,22)/t10-/m0/s1. The molecule has 1 aliphatic rings. The van der Waals surface area contributed by atoms with E-state index in [0.717, 1.165) is 16.5 Å². The van der Waals surface area contributed by atoms with Crippen molar-refractivity contribution in [2.24, 2.45) is 0 Å². The van der Waals surface area contributed by atoms with Crippen molar-refractivity contribution in [3.05, 3.63) is 34.2 Å². The van der Waals surface area contributed by atoms with Gasteiger partial charge in [0.2, 0.25) is 0 Å². The third-order valence-corrected chi connectivity index (χ3v) is 5.37. The molecule has 0 unspecified atom stereocenters. The number of nitrogens with one attached hydrogen (secondary N) is 3. The summed E-state index contributed by atoms with van der Waals surface area (Å²) < 4.78 is 6.09. The number of thiophene rings is 1. The highest BCUT2D eigenvalue weighted by Gasteiger charge is 2.24. The second-order valence-electron chi connectivity index (χ2n) is 5.46. The van der Waals surface area contributed by atoms with E-state index in [1.54, 1.807) is 0 Å². The lowest BCUT2D eigenvalue weighted by Gasteiger charge is -2.11. The quantitative estimate of drug-likeness (QED) is 0.701. The molecule has 1 atom stereocenters. The summed E-state index contributed by atoms with van der Waals surface area (Å²) in [7, 11) is 0. The van der Waals surface area contributed by atoms with Gasteiger partial charge in [-0.25, -0.2) is 0 Å². The highest BCUT2D eigenvalue weighted by molar-refractivity contribution is 7.21. The number of halogens is 1. The van der Waals surface area contributed by atoms with Crippen LogP contribution in [0.25, 0.3) is 10.1 Å². The van der Waals surface area contributed by atoms with Gasteiger partial charge in [0.05, 0.1) is 11.6 Å². The fraction of sp³-hybridized carbons (Fsp3) is 0.312. The van der Waals surface area contributed by atoms with Gasteiger partial charge < -0.3 is 10.1 Å². The number of benzene rings is 1. The van der Waals surface area contributed by atoms with Gasteiger partial charge in [0.1, 0.15) is 11.0 Å². The van der Waals surface area contributed by atoms with E-state index in [2.05, 4.69) is 16.2 Å². The fourth-order valence-corrected chi connectivity index (χ4v) is 3.87. The van der Waals surface area contributed by atoms with Crippen molar-refractivity contribution in [2.45, 2.75) is 18.9 Å². The SMILES string of the molecule is O=C(CNC(=O)c1sc2ccccc2c1Cl)NNC(=O)[C@@H]1CCCO1. The summed E-state index contributed by atoms with van der Waals surface area (Å²) in [5.74, 6) is -1.38. The van der Waals surface area contributed by atoms with Gasteiger partial charge in [0.25, 0.3) is 17.7 Å². The van der Waals surface area contributed by atoms with Gasteiger partial charge in [-0.15, -0.1) is 11.3 Å². The van der Waals surface area contributed by atoms with Crippen LogP contribution in [0.2, 0.25) is 5.02 Å². The molecule has 1 saturated heterocycles. The molecule has 2 heterocycles. The van der Waals surface area contributed by atoms with Gasteiger partial charge in [0, 0.05) is 16.7 Å². The normalized spacial score (nSPS) is 16.6. The number of carbonyl (C=O) groups excluding carboxylic acids is 3. The lowest BCUT2D eigenvalue weighted by molar-refractivity contribution is -0.134. The van der Waals surface area contributed by atoms with E-state index in [9.17, 15) is 14.4 Å². The molecule has 1 aromatic carbocycles. The van der Waals surface area contributed by atoms with Crippen LogP contribution in [0.1, 0.15) is 22.5 Å². The lowest BCUT2D eigenvalue weighted by atomic mass is 10.2.